The Morgan fingerprint density at radius 1 is 1.00 bits per heavy atom. The van der Waals surface area contributed by atoms with Crippen molar-refractivity contribution in [3.8, 4) is 0 Å². The molecule has 0 aliphatic carbocycles. The molecule has 0 atom stereocenters. The largest absolute Gasteiger partial charge is 0.452 e. The van der Waals surface area contributed by atoms with Crippen molar-refractivity contribution in [1.29, 1.82) is 0 Å². The van der Waals surface area contributed by atoms with Crippen molar-refractivity contribution in [2.75, 3.05) is 16.8 Å². The molecule has 0 saturated carbocycles. The van der Waals surface area contributed by atoms with E-state index in [2.05, 4.69) is 15.5 Å². The minimum atomic E-state index is -0.782. The average molecular weight is 450 g/mol. The predicted octanol–water partition coefficient (Wildman–Crippen LogP) is 3.06. The molecule has 0 bridgehead atoms. The van der Waals surface area contributed by atoms with E-state index in [-0.39, 0.29) is 21.8 Å². The van der Waals surface area contributed by atoms with E-state index < -0.39 is 30.3 Å². The van der Waals surface area contributed by atoms with Crippen LogP contribution in [-0.2, 0) is 9.53 Å². The smallest absolute Gasteiger partial charge is 0.338 e. The van der Waals surface area contributed by atoms with Crippen molar-refractivity contribution in [2.24, 2.45) is 0 Å². The Hall–Kier alpha value is -3.92. The topological polar surface area (TPSA) is 119 Å². The third kappa shape index (κ3) is 3.87. The molecule has 0 unspecified atom stereocenters. The van der Waals surface area contributed by atoms with E-state index in [0.717, 1.165) is 27.4 Å². The van der Waals surface area contributed by atoms with Gasteiger partial charge in [0.1, 0.15) is 5.01 Å². The molecule has 1 aliphatic heterocycles. The van der Waals surface area contributed by atoms with Crippen molar-refractivity contribution in [3.05, 3.63) is 69.2 Å². The Balaban J connectivity index is 1.45. The molecule has 1 aliphatic rings. The highest BCUT2D eigenvalue weighted by molar-refractivity contribution is 7.15. The number of aryl methyl sites for hydroxylation is 3. The number of carbonyl (C=O) groups excluding carboxylic acids is 4. The minimum Gasteiger partial charge on any atom is -0.452 e. The first-order chi connectivity index (χ1) is 15.3. The van der Waals surface area contributed by atoms with Crippen molar-refractivity contribution in [2.45, 2.75) is 20.8 Å². The van der Waals surface area contributed by atoms with Gasteiger partial charge in [0.2, 0.25) is 5.13 Å². The van der Waals surface area contributed by atoms with E-state index in [1.165, 1.54) is 18.2 Å². The number of aromatic nitrogens is 2. The number of para-hydroxylation sites is 1. The lowest BCUT2D eigenvalue weighted by atomic mass is 10.1. The molecule has 1 aromatic heterocycles. The van der Waals surface area contributed by atoms with Gasteiger partial charge >= 0.3 is 5.97 Å². The minimum absolute atomic E-state index is 0.0556. The Bertz CT molecular complexity index is 1260. The molecule has 3 aromatic rings. The zero-order valence-corrected chi connectivity index (χ0v) is 18.3. The summed E-state index contributed by atoms with van der Waals surface area (Å²) >= 11 is 1.11. The summed E-state index contributed by atoms with van der Waals surface area (Å²) < 4.78 is 5.10. The summed E-state index contributed by atoms with van der Waals surface area (Å²) in [5.74, 6) is -2.39. The molecule has 32 heavy (non-hydrogen) atoms. The first kappa shape index (κ1) is 21.3. The highest BCUT2D eigenvalue weighted by atomic mass is 32.1. The fourth-order valence-corrected chi connectivity index (χ4v) is 4.00. The molecule has 4 rings (SSSR count). The first-order valence-corrected chi connectivity index (χ1v) is 10.4. The Kier molecular flexibility index (Phi) is 5.54. The second kappa shape index (κ2) is 8.31. The van der Waals surface area contributed by atoms with Gasteiger partial charge in [-0.3, -0.25) is 14.4 Å². The molecule has 9 nitrogen and oxygen atoms in total. The maximum Gasteiger partial charge on any atom is 0.338 e. The number of benzene rings is 2. The summed E-state index contributed by atoms with van der Waals surface area (Å²) in [6, 6.07) is 9.66. The normalized spacial score (nSPS) is 12.7. The Morgan fingerprint density at radius 3 is 2.34 bits per heavy atom. The van der Waals surface area contributed by atoms with Crippen molar-refractivity contribution < 1.29 is 23.9 Å². The van der Waals surface area contributed by atoms with Gasteiger partial charge in [-0.1, -0.05) is 29.5 Å². The molecule has 0 radical (unpaired) electrons. The summed E-state index contributed by atoms with van der Waals surface area (Å²) in [7, 11) is 0. The number of anilines is 2. The molecule has 0 fully saturated rings. The van der Waals surface area contributed by atoms with Gasteiger partial charge in [-0.15, -0.1) is 10.2 Å². The zero-order chi connectivity index (χ0) is 23.0. The first-order valence-electron chi connectivity index (χ1n) is 9.62. The van der Waals surface area contributed by atoms with Gasteiger partial charge in [0.05, 0.1) is 16.7 Å². The number of esters is 1. The van der Waals surface area contributed by atoms with Crippen molar-refractivity contribution in [1.82, 2.24) is 10.2 Å². The molecule has 2 aromatic carbocycles. The number of amides is 3. The van der Waals surface area contributed by atoms with Gasteiger partial charge in [0.25, 0.3) is 17.7 Å². The molecule has 0 saturated heterocycles. The van der Waals surface area contributed by atoms with Crippen LogP contribution in [0.15, 0.2) is 36.4 Å². The number of nitrogens with one attached hydrogen (secondary N) is 1. The van der Waals surface area contributed by atoms with Gasteiger partial charge in [0.15, 0.2) is 6.61 Å². The highest BCUT2D eigenvalue weighted by Crippen LogP contribution is 2.31. The van der Waals surface area contributed by atoms with Gasteiger partial charge < -0.3 is 10.1 Å². The monoisotopic (exact) mass is 450 g/mol. The molecule has 0 spiro atoms. The van der Waals surface area contributed by atoms with E-state index in [4.69, 9.17) is 4.74 Å². The number of hydrogen-bond acceptors (Lipinski definition) is 8. The number of imide groups is 1. The van der Waals surface area contributed by atoms with Crippen LogP contribution in [0.1, 0.15) is 47.2 Å². The Morgan fingerprint density at radius 2 is 1.69 bits per heavy atom. The third-order valence-electron chi connectivity index (χ3n) is 4.91. The number of fused-ring (bicyclic) bond motifs is 1. The zero-order valence-electron chi connectivity index (χ0n) is 17.5. The van der Waals surface area contributed by atoms with Crippen molar-refractivity contribution in [3.63, 3.8) is 0 Å². The molecule has 10 heteroatoms. The van der Waals surface area contributed by atoms with E-state index in [1.807, 2.05) is 32.0 Å². The van der Waals surface area contributed by atoms with Crippen LogP contribution in [0.25, 0.3) is 0 Å². The molecule has 3 amide bonds. The van der Waals surface area contributed by atoms with Crippen LogP contribution in [-0.4, -0.2) is 40.5 Å². The number of hydrogen-bond donors (Lipinski definition) is 1. The molecular formula is C22H18N4O5S. The fraction of sp³-hybridized carbons (Fsp3) is 0.182. The summed E-state index contributed by atoms with van der Waals surface area (Å²) in [5.41, 5.74) is 2.73. The average Bonchev–Trinajstić information content (AvgIpc) is 3.29. The van der Waals surface area contributed by atoms with Crippen molar-refractivity contribution >= 4 is 45.8 Å². The maximum atomic E-state index is 12.8. The van der Waals surface area contributed by atoms with Crippen LogP contribution < -0.4 is 10.2 Å². The second-order valence-electron chi connectivity index (χ2n) is 7.20. The predicted molar refractivity (Wildman–Crippen MR) is 117 cm³/mol. The number of rotatable bonds is 5. The maximum absolute atomic E-state index is 12.8. The van der Waals surface area contributed by atoms with Gasteiger partial charge in [-0.2, -0.15) is 0 Å². The van der Waals surface area contributed by atoms with E-state index >= 15 is 0 Å². The third-order valence-corrected chi connectivity index (χ3v) is 5.73. The number of nitrogens with zero attached hydrogens (tertiary/aromatic N) is 3. The lowest BCUT2D eigenvalue weighted by Gasteiger charge is -2.11. The Labute approximate surface area is 187 Å². The summed E-state index contributed by atoms with van der Waals surface area (Å²) in [6.45, 7) is 4.95. The van der Waals surface area contributed by atoms with Crippen LogP contribution in [0.2, 0.25) is 0 Å². The van der Waals surface area contributed by atoms with Gasteiger partial charge in [-0.05, 0) is 50.1 Å². The van der Waals surface area contributed by atoms with E-state index in [0.29, 0.717) is 10.7 Å². The lowest BCUT2D eigenvalue weighted by molar-refractivity contribution is -0.119. The van der Waals surface area contributed by atoms with E-state index in [1.54, 1.807) is 6.92 Å². The van der Waals surface area contributed by atoms with Crippen LogP contribution in [0.4, 0.5) is 10.8 Å². The highest BCUT2D eigenvalue weighted by Gasteiger charge is 2.39. The second-order valence-corrected chi connectivity index (χ2v) is 8.36. The van der Waals surface area contributed by atoms with Crippen LogP contribution in [0.5, 0.6) is 0 Å². The quantitative estimate of drug-likeness (QED) is 0.469. The molecule has 1 N–H and O–H groups in total. The van der Waals surface area contributed by atoms with E-state index in [9.17, 15) is 19.2 Å². The standard InChI is InChI=1S/C22H18N4O5S/c1-11-5-4-6-12(2)18(11)23-17(27)10-31-21(30)14-7-8-15-16(9-14)20(29)26(19(15)28)22-25-24-13(3)32-22/h4-9H,10H2,1-3H3,(H,23,27). The summed E-state index contributed by atoms with van der Waals surface area (Å²) in [4.78, 5) is 51.0. The SMILES string of the molecule is Cc1nnc(N2C(=O)c3ccc(C(=O)OCC(=O)Nc4c(C)cccc4C)cc3C2=O)s1. The summed E-state index contributed by atoms with van der Waals surface area (Å²) in [5, 5.41) is 11.2. The molecule has 2 heterocycles. The van der Waals surface area contributed by atoms with Crippen LogP contribution in [0, 0.1) is 20.8 Å². The molecule has 162 valence electrons. The molecular weight excluding hydrogens is 432 g/mol. The summed E-state index contributed by atoms with van der Waals surface area (Å²) in [6.07, 6.45) is 0. The van der Waals surface area contributed by atoms with Gasteiger partial charge in [-0.25, -0.2) is 9.69 Å². The van der Waals surface area contributed by atoms with Gasteiger partial charge in [0, 0.05) is 5.69 Å². The van der Waals surface area contributed by atoms with Crippen LogP contribution >= 0.6 is 11.3 Å². The fourth-order valence-electron chi connectivity index (χ4n) is 3.32. The number of carbonyl (C=O) groups is 4. The van der Waals surface area contributed by atoms with Crippen LogP contribution in [0.3, 0.4) is 0 Å². The number of ether oxygens (including phenoxy) is 1. The lowest BCUT2D eigenvalue weighted by Crippen LogP contribution is -2.29.